The van der Waals surface area contributed by atoms with Gasteiger partial charge in [-0.3, -0.25) is 0 Å². The molecule has 2 aromatic heterocycles. The van der Waals surface area contributed by atoms with Gasteiger partial charge in [0.15, 0.2) is 11.6 Å². The van der Waals surface area contributed by atoms with Crippen LogP contribution >= 0.6 is 11.3 Å². The van der Waals surface area contributed by atoms with Crippen LogP contribution in [-0.2, 0) is 12.8 Å². The van der Waals surface area contributed by atoms with Gasteiger partial charge in [0.05, 0.1) is 5.39 Å². The van der Waals surface area contributed by atoms with E-state index in [1.807, 2.05) is 30.3 Å². The van der Waals surface area contributed by atoms with Crippen LogP contribution in [0.2, 0.25) is 0 Å². The van der Waals surface area contributed by atoms with E-state index in [9.17, 15) is 0 Å². The van der Waals surface area contributed by atoms with E-state index in [2.05, 4.69) is 10.4 Å². The molecule has 0 spiro atoms. The molecule has 0 bridgehead atoms. The van der Waals surface area contributed by atoms with Crippen molar-refractivity contribution in [2.75, 3.05) is 5.43 Å². The molecule has 1 aliphatic rings. The maximum absolute atomic E-state index is 5.68. The van der Waals surface area contributed by atoms with Crippen molar-refractivity contribution in [1.82, 2.24) is 9.97 Å². The highest BCUT2D eigenvalue weighted by atomic mass is 32.1. The molecule has 0 amide bonds. The SMILES string of the molecule is NNc1nc(-c2ccccc2)nc2sc3c(c12)CCC3. The molecule has 3 aromatic rings. The van der Waals surface area contributed by atoms with E-state index in [1.165, 1.54) is 16.9 Å². The van der Waals surface area contributed by atoms with E-state index in [-0.39, 0.29) is 0 Å². The Morgan fingerprint density at radius 1 is 1.10 bits per heavy atom. The van der Waals surface area contributed by atoms with Gasteiger partial charge in [0.1, 0.15) is 4.83 Å². The van der Waals surface area contributed by atoms with E-state index in [4.69, 9.17) is 10.8 Å². The number of aromatic nitrogens is 2. The fourth-order valence-electron chi connectivity index (χ4n) is 2.82. The van der Waals surface area contributed by atoms with Crippen LogP contribution in [0.25, 0.3) is 21.6 Å². The van der Waals surface area contributed by atoms with Crippen molar-refractivity contribution in [1.29, 1.82) is 0 Å². The molecule has 0 fully saturated rings. The van der Waals surface area contributed by atoms with Gasteiger partial charge in [-0.2, -0.15) is 0 Å². The van der Waals surface area contributed by atoms with Gasteiger partial charge in [-0.15, -0.1) is 11.3 Å². The molecule has 0 saturated carbocycles. The maximum atomic E-state index is 5.68. The van der Waals surface area contributed by atoms with Gasteiger partial charge >= 0.3 is 0 Å². The minimum Gasteiger partial charge on any atom is -0.308 e. The number of nitrogen functional groups attached to an aromatic ring is 1. The number of aryl methyl sites for hydroxylation is 2. The summed E-state index contributed by atoms with van der Waals surface area (Å²) in [7, 11) is 0. The molecule has 0 saturated heterocycles. The van der Waals surface area contributed by atoms with E-state index in [0.717, 1.165) is 40.3 Å². The first-order chi connectivity index (χ1) is 9.86. The molecule has 1 aromatic carbocycles. The van der Waals surface area contributed by atoms with Gasteiger partial charge in [0.25, 0.3) is 0 Å². The van der Waals surface area contributed by atoms with Crippen molar-refractivity contribution in [3.8, 4) is 11.4 Å². The van der Waals surface area contributed by atoms with Gasteiger partial charge < -0.3 is 5.43 Å². The first-order valence-electron chi connectivity index (χ1n) is 6.71. The zero-order valence-electron chi connectivity index (χ0n) is 10.9. The van der Waals surface area contributed by atoms with Gasteiger partial charge in [0.2, 0.25) is 0 Å². The molecule has 0 aliphatic heterocycles. The molecule has 4 nitrogen and oxygen atoms in total. The summed E-state index contributed by atoms with van der Waals surface area (Å²) in [5, 5.41) is 1.12. The van der Waals surface area contributed by atoms with Crippen molar-refractivity contribution in [2.45, 2.75) is 19.3 Å². The predicted octanol–water partition coefficient (Wildman–Crippen LogP) is 3.13. The van der Waals surface area contributed by atoms with Crippen LogP contribution in [0.3, 0.4) is 0 Å². The number of benzene rings is 1. The predicted molar refractivity (Wildman–Crippen MR) is 82.7 cm³/mol. The third-order valence-electron chi connectivity index (χ3n) is 3.73. The lowest BCUT2D eigenvalue weighted by molar-refractivity contribution is 0.917. The summed E-state index contributed by atoms with van der Waals surface area (Å²) in [5.74, 6) is 7.15. The van der Waals surface area contributed by atoms with Gasteiger partial charge in [-0.25, -0.2) is 15.8 Å². The molecule has 100 valence electrons. The van der Waals surface area contributed by atoms with Crippen molar-refractivity contribution in [2.24, 2.45) is 5.84 Å². The van der Waals surface area contributed by atoms with Gasteiger partial charge in [-0.1, -0.05) is 30.3 Å². The van der Waals surface area contributed by atoms with E-state index >= 15 is 0 Å². The summed E-state index contributed by atoms with van der Waals surface area (Å²) in [5.41, 5.74) is 5.15. The smallest absolute Gasteiger partial charge is 0.163 e. The average Bonchev–Trinajstić information content (AvgIpc) is 3.07. The van der Waals surface area contributed by atoms with Crippen LogP contribution in [0.1, 0.15) is 16.9 Å². The Morgan fingerprint density at radius 2 is 1.95 bits per heavy atom. The Labute approximate surface area is 120 Å². The monoisotopic (exact) mass is 282 g/mol. The fraction of sp³-hybridized carbons (Fsp3) is 0.200. The number of hydrogen-bond donors (Lipinski definition) is 2. The zero-order chi connectivity index (χ0) is 13.5. The number of hydrazine groups is 1. The Balaban J connectivity index is 1.98. The second kappa shape index (κ2) is 4.54. The van der Waals surface area contributed by atoms with Crippen LogP contribution in [0.15, 0.2) is 30.3 Å². The summed E-state index contributed by atoms with van der Waals surface area (Å²) >= 11 is 1.78. The highest BCUT2D eigenvalue weighted by Crippen LogP contribution is 2.40. The van der Waals surface area contributed by atoms with Crippen LogP contribution in [0, 0.1) is 0 Å². The Bertz CT molecular complexity index is 779. The number of rotatable bonds is 2. The molecule has 3 N–H and O–H groups in total. The third kappa shape index (κ3) is 1.71. The fourth-order valence-corrected chi connectivity index (χ4v) is 4.08. The maximum Gasteiger partial charge on any atom is 0.163 e. The first-order valence-corrected chi connectivity index (χ1v) is 7.53. The largest absolute Gasteiger partial charge is 0.308 e. The van der Waals surface area contributed by atoms with Crippen molar-refractivity contribution >= 4 is 27.4 Å². The first kappa shape index (κ1) is 11.8. The molecule has 5 heteroatoms. The number of nitrogens with zero attached hydrogens (tertiary/aromatic N) is 2. The Morgan fingerprint density at radius 3 is 2.75 bits per heavy atom. The van der Waals surface area contributed by atoms with E-state index in [1.54, 1.807) is 11.3 Å². The topological polar surface area (TPSA) is 63.8 Å². The summed E-state index contributed by atoms with van der Waals surface area (Å²) in [4.78, 5) is 11.8. The lowest BCUT2D eigenvalue weighted by atomic mass is 10.1. The number of nitrogens with two attached hydrogens (primary N) is 1. The summed E-state index contributed by atoms with van der Waals surface area (Å²) in [6.45, 7) is 0. The second-order valence-corrected chi connectivity index (χ2v) is 6.03. The lowest BCUT2D eigenvalue weighted by Crippen LogP contribution is -2.10. The van der Waals surface area contributed by atoms with Crippen LogP contribution < -0.4 is 11.3 Å². The summed E-state index contributed by atoms with van der Waals surface area (Å²) in [6.07, 6.45) is 3.49. The second-order valence-electron chi connectivity index (χ2n) is 4.94. The number of anilines is 1. The average molecular weight is 282 g/mol. The molecule has 0 unspecified atom stereocenters. The lowest BCUT2D eigenvalue weighted by Gasteiger charge is -2.06. The molecule has 20 heavy (non-hydrogen) atoms. The molecule has 0 radical (unpaired) electrons. The molecular formula is C15H14N4S. The number of thiophene rings is 1. The van der Waals surface area contributed by atoms with Gasteiger partial charge in [-0.05, 0) is 24.8 Å². The molecule has 2 heterocycles. The minimum atomic E-state index is 0.728. The normalized spacial score (nSPS) is 13.7. The third-order valence-corrected chi connectivity index (χ3v) is 4.92. The highest BCUT2D eigenvalue weighted by molar-refractivity contribution is 7.19. The minimum absolute atomic E-state index is 0.728. The van der Waals surface area contributed by atoms with Crippen LogP contribution in [0.5, 0.6) is 0 Å². The number of fused-ring (bicyclic) bond motifs is 3. The quantitative estimate of drug-likeness (QED) is 0.560. The van der Waals surface area contributed by atoms with E-state index in [0.29, 0.717) is 0 Å². The molecule has 1 aliphatic carbocycles. The molecular weight excluding hydrogens is 268 g/mol. The Kier molecular flexibility index (Phi) is 2.68. The summed E-state index contributed by atoms with van der Waals surface area (Å²) < 4.78 is 0. The number of hydrogen-bond acceptors (Lipinski definition) is 5. The Hall–Kier alpha value is -1.98. The van der Waals surface area contributed by atoms with Crippen molar-refractivity contribution in [3.05, 3.63) is 40.8 Å². The van der Waals surface area contributed by atoms with E-state index < -0.39 is 0 Å². The van der Waals surface area contributed by atoms with Crippen molar-refractivity contribution < 1.29 is 0 Å². The molecule has 4 rings (SSSR count). The highest BCUT2D eigenvalue weighted by Gasteiger charge is 2.22. The van der Waals surface area contributed by atoms with Crippen LogP contribution in [0.4, 0.5) is 5.82 Å². The zero-order valence-corrected chi connectivity index (χ0v) is 11.7. The van der Waals surface area contributed by atoms with Crippen LogP contribution in [-0.4, -0.2) is 9.97 Å². The standard InChI is InChI=1S/C15H14N4S/c16-19-14-12-10-7-4-8-11(10)20-15(12)18-13(17-14)9-5-2-1-3-6-9/h1-3,5-6H,4,7-8,16H2,(H,17,18,19). The van der Waals surface area contributed by atoms with Crippen molar-refractivity contribution in [3.63, 3.8) is 0 Å². The van der Waals surface area contributed by atoms with Gasteiger partial charge in [0, 0.05) is 10.4 Å². The summed E-state index contributed by atoms with van der Waals surface area (Å²) in [6, 6.07) is 10.0. The molecule has 0 atom stereocenters. The number of nitrogens with one attached hydrogen (secondary N) is 1.